The Balaban J connectivity index is 0.000000208. The molecule has 0 bridgehead atoms. The van der Waals surface area contributed by atoms with E-state index in [0.717, 1.165) is 5.56 Å². The van der Waals surface area contributed by atoms with Crippen molar-refractivity contribution in [2.75, 3.05) is 43.1 Å². The molecule has 0 radical (unpaired) electrons. The summed E-state index contributed by atoms with van der Waals surface area (Å²) in [6.07, 6.45) is 4.38. The number of benzene rings is 2. The van der Waals surface area contributed by atoms with Crippen LogP contribution in [0.5, 0.6) is 6.01 Å². The molecular weight excluding hydrogens is 1150 g/mol. The molecule has 2 amide bonds. The van der Waals surface area contributed by atoms with E-state index >= 15 is 8.78 Å². The minimum Gasteiger partial charge on any atom is -0.467 e. The van der Waals surface area contributed by atoms with E-state index in [1.54, 1.807) is 69.2 Å². The van der Waals surface area contributed by atoms with E-state index in [2.05, 4.69) is 38.2 Å². The van der Waals surface area contributed by atoms with E-state index in [1.165, 1.54) is 40.5 Å². The van der Waals surface area contributed by atoms with E-state index in [-0.39, 0.29) is 104 Å². The molecule has 456 valence electrons. The van der Waals surface area contributed by atoms with Gasteiger partial charge in [0.25, 0.3) is 0 Å². The number of carbonyl (C=O) groups excluding carboxylic acids is 2. The van der Waals surface area contributed by atoms with Crippen molar-refractivity contribution < 1.29 is 23.1 Å². The Morgan fingerprint density at radius 2 is 1.03 bits per heavy atom. The van der Waals surface area contributed by atoms with Gasteiger partial charge in [0.2, 0.25) is 11.8 Å². The van der Waals surface area contributed by atoms with Crippen molar-refractivity contribution in [3.63, 3.8) is 0 Å². The van der Waals surface area contributed by atoms with Crippen molar-refractivity contribution in [3.8, 4) is 40.0 Å². The molecule has 0 saturated carbocycles. The Labute approximate surface area is 514 Å². The summed E-state index contributed by atoms with van der Waals surface area (Å²) >= 11 is 13.6. The third-order valence-corrected chi connectivity index (χ3v) is 16.4. The summed E-state index contributed by atoms with van der Waals surface area (Å²) in [4.78, 5) is 89.3. The monoisotopic (exact) mass is 1220 g/mol. The molecule has 19 nitrogen and oxygen atoms in total. The molecule has 0 aliphatic carbocycles. The smallest absolute Gasteiger partial charge is 0.357 e. The lowest BCUT2D eigenvalue weighted by Gasteiger charge is -2.44. The van der Waals surface area contributed by atoms with Crippen LogP contribution in [0.4, 0.5) is 20.4 Å². The van der Waals surface area contributed by atoms with Crippen LogP contribution in [0.25, 0.3) is 56.1 Å². The molecule has 87 heavy (non-hydrogen) atoms. The molecule has 8 aromatic rings. The number of hydrogen-bond acceptors (Lipinski definition) is 14. The summed E-state index contributed by atoms with van der Waals surface area (Å²) in [6, 6.07) is 15.2. The number of pyridine rings is 2. The van der Waals surface area contributed by atoms with Gasteiger partial charge >= 0.3 is 17.4 Å². The van der Waals surface area contributed by atoms with Crippen molar-refractivity contribution in [3.05, 3.63) is 152 Å². The van der Waals surface area contributed by atoms with E-state index in [0.29, 0.717) is 77.1 Å². The maximum atomic E-state index is 15.1. The Kier molecular flexibility index (Phi) is 18.5. The number of hydrogen-bond donors (Lipinski definition) is 0. The number of ether oxygens (including phenoxy) is 1. The highest BCUT2D eigenvalue weighted by Crippen LogP contribution is 2.40. The first-order chi connectivity index (χ1) is 41.3. The summed E-state index contributed by atoms with van der Waals surface area (Å²) in [5, 5.41) is 6.04. The van der Waals surface area contributed by atoms with Gasteiger partial charge in [-0.2, -0.15) is 25.0 Å². The Bertz CT molecular complexity index is 4070. The quantitative estimate of drug-likeness (QED) is 0.0989. The van der Waals surface area contributed by atoms with Gasteiger partial charge in [-0.25, -0.2) is 42.2 Å². The molecule has 8 heterocycles. The maximum Gasteiger partial charge on any atom is 0.357 e. The highest BCUT2D eigenvalue weighted by Gasteiger charge is 2.37. The molecule has 4 unspecified atom stereocenters. The maximum absolute atomic E-state index is 15.1. The van der Waals surface area contributed by atoms with Gasteiger partial charge in [0.1, 0.15) is 29.1 Å². The molecule has 0 spiro atoms. The number of rotatable bonds is 13. The number of aromatic nitrogens is 10. The molecule has 2 aliphatic rings. The first-order valence-corrected chi connectivity index (χ1v) is 29.8. The van der Waals surface area contributed by atoms with Crippen LogP contribution in [0.2, 0.25) is 10.0 Å². The van der Waals surface area contributed by atoms with E-state index in [9.17, 15) is 19.2 Å². The third-order valence-electron chi connectivity index (χ3n) is 15.8. The molecule has 2 aromatic carbocycles. The van der Waals surface area contributed by atoms with Crippen LogP contribution >= 0.6 is 23.2 Å². The summed E-state index contributed by atoms with van der Waals surface area (Å²) in [7, 11) is 1.50. The number of methoxy groups -OCH3 is 1. The van der Waals surface area contributed by atoms with Gasteiger partial charge in [-0.15, -0.1) is 0 Å². The topological polar surface area (TPSA) is 195 Å². The fourth-order valence-corrected chi connectivity index (χ4v) is 11.9. The summed E-state index contributed by atoms with van der Waals surface area (Å²) in [5.74, 6) is -0.169. The van der Waals surface area contributed by atoms with Gasteiger partial charge in [0.15, 0.2) is 11.3 Å². The van der Waals surface area contributed by atoms with Crippen LogP contribution in [0.3, 0.4) is 0 Å². The van der Waals surface area contributed by atoms with Crippen molar-refractivity contribution in [1.29, 1.82) is 0 Å². The van der Waals surface area contributed by atoms with Crippen molar-refractivity contribution in [2.45, 2.75) is 131 Å². The van der Waals surface area contributed by atoms with Gasteiger partial charge in [-0.05, 0) is 108 Å². The van der Waals surface area contributed by atoms with Gasteiger partial charge in [0.05, 0.1) is 62.6 Å². The van der Waals surface area contributed by atoms with E-state index < -0.39 is 23.0 Å². The first kappa shape index (κ1) is 63.1. The molecule has 23 heteroatoms. The highest BCUT2D eigenvalue weighted by atomic mass is 35.5. The normalized spacial score (nSPS) is 17.2. The summed E-state index contributed by atoms with van der Waals surface area (Å²) in [5.41, 5.74) is 2.65. The number of amides is 2. The summed E-state index contributed by atoms with van der Waals surface area (Å²) in [6.45, 7) is 32.6. The van der Waals surface area contributed by atoms with Crippen molar-refractivity contribution in [1.82, 2.24) is 58.6 Å². The molecule has 0 N–H and O–H groups in total. The molecule has 6 aromatic heterocycles. The molecule has 10 rings (SSSR count). The first-order valence-electron chi connectivity index (χ1n) is 29.0. The number of halogens is 4. The molecule has 4 atom stereocenters. The third kappa shape index (κ3) is 11.9. The lowest BCUT2D eigenvalue weighted by molar-refractivity contribution is -0.129. The Hall–Kier alpha value is -8.43. The second-order valence-electron chi connectivity index (χ2n) is 23.3. The SMILES string of the molecule is C=CC(=O)N1CC(C)N(c2nc(=O)n(-c3c(C(C)C)cnn3C(C)C)c3nc(-c4ccccc4F)c(Cl)cc23)CC1C.C=CC(=O)N1CC(C)N(c2nc(=O)n(-c3c(C(C)C)nc(OC)nc3C(C)C)c3nc(-c4ccccc4F)c(Cl)cc23)CC1C. The zero-order chi connectivity index (χ0) is 63.2. The Morgan fingerprint density at radius 3 is 1.43 bits per heavy atom. The lowest BCUT2D eigenvalue weighted by Crippen LogP contribution is -2.58. The predicted molar refractivity (Wildman–Crippen MR) is 338 cm³/mol. The highest BCUT2D eigenvalue weighted by molar-refractivity contribution is 6.34. The van der Waals surface area contributed by atoms with Gasteiger partial charge in [0, 0.05) is 73.1 Å². The van der Waals surface area contributed by atoms with E-state index in [1.807, 2.05) is 92.9 Å². The van der Waals surface area contributed by atoms with Crippen LogP contribution < -0.4 is 25.9 Å². The number of fused-ring (bicyclic) bond motifs is 2. The molecule has 2 aliphatic heterocycles. The average Bonchev–Trinajstić information content (AvgIpc) is 1.55. The molecule has 2 fully saturated rings. The number of nitrogens with zero attached hydrogens (tertiary/aromatic N) is 14. The zero-order valence-corrected chi connectivity index (χ0v) is 52.7. The van der Waals surface area contributed by atoms with Crippen LogP contribution in [-0.4, -0.2) is 128 Å². The average molecular weight is 1230 g/mol. The van der Waals surface area contributed by atoms with Crippen LogP contribution in [0.1, 0.15) is 124 Å². The predicted octanol–water partition coefficient (Wildman–Crippen LogP) is 11.6. The fraction of sp³-hybridized carbons (Fsp3) is 0.391. The standard InChI is InChI=1S/C33H37ClFN7O3.C31H35ClFN7O2/c1-9-25(43)40-15-20(7)41(16-19(40)6)30-22-14-23(34)28(21-12-10-11-13-24(21)35)36-31(22)42(33(44)39-30)29-26(17(2)3)37-32(45-8)38-27(29)18(4)5;1-8-26(41)37-15-20(7)38(16-19(37)6)28-22-13-24(32)27(21-11-9-10-12-25(21)33)35-29(22)39(31(42)36-28)30-23(17(2)3)14-34-40(30)18(4)5/h9-14,17-20H,1,15-16H2,2-8H3;8-14,17-20H,1,15-16H2,2-7H3. The van der Waals surface area contributed by atoms with E-state index in [4.69, 9.17) is 37.9 Å². The van der Waals surface area contributed by atoms with Crippen molar-refractivity contribution >= 4 is 68.7 Å². The molecule has 2 saturated heterocycles. The van der Waals surface area contributed by atoms with Gasteiger partial charge in [-0.3, -0.25) is 9.59 Å². The molecular formula is C64H72Cl2F2N14O5. The Morgan fingerprint density at radius 1 is 0.609 bits per heavy atom. The second kappa shape index (κ2) is 25.5. The van der Waals surface area contributed by atoms with Gasteiger partial charge in [-0.1, -0.05) is 102 Å². The zero-order valence-electron chi connectivity index (χ0n) is 51.2. The van der Waals surface area contributed by atoms with Gasteiger partial charge < -0.3 is 24.3 Å². The van der Waals surface area contributed by atoms with Crippen LogP contribution in [0.15, 0.2) is 102 Å². The lowest BCUT2D eigenvalue weighted by atomic mass is 10.0. The number of piperazine rings is 2. The number of anilines is 2. The second-order valence-corrected chi connectivity index (χ2v) is 24.1. The van der Waals surface area contributed by atoms with Crippen LogP contribution in [0, 0.1) is 11.6 Å². The number of carbonyl (C=O) groups is 2. The fourth-order valence-electron chi connectivity index (χ4n) is 11.4. The largest absolute Gasteiger partial charge is 0.467 e. The minimum atomic E-state index is -0.603. The van der Waals surface area contributed by atoms with Crippen LogP contribution in [-0.2, 0) is 9.59 Å². The minimum absolute atomic E-state index is 0.0452. The summed E-state index contributed by atoms with van der Waals surface area (Å²) < 4.78 is 40.2. The van der Waals surface area contributed by atoms with Crippen molar-refractivity contribution in [2.24, 2.45) is 0 Å².